The normalized spacial score (nSPS) is 17.1. The molecule has 0 saturated carbocycles. The monoisotopic (exact) mass is 424 g/mol. The highest BCUT2D eigenvalue weighted by atomic mass is 32.2. The van der Waals surface area contributed by atoms with Crippen LogP contribution in [0.1, 0.15) is 12.8 Å². The standard InChI is InChI=1S/C23H24N2O4S/c26-23(24-14-16-29-20-9-2-1-3-10-20)22-11-6-15-25(22)30(27,28)21-13-12-18-7-4-5-8-19(18)17-21/h1-5,7-10,12-13,17,22H,6,11,14-16H2,(H,24,26)/t22-/m1/s1. The van der Waals surface area contributed by atoms with Crippen LogP contribution in [0.3, 0.4) is 0 Å². The van der Waals surface area contributed by atoms with E-state index in [0.717, 1.165) is 16.5 Å². The van der Waals surface area contributed by atoms with E-state index in [1.54, 1.807) is 18.2 Å². The first-order chi connectivity index (χ1) is 14.6. The number of hydrogen-bond donors (Lipinski definition) is 1. The fourth-order valence-corrected chi connectivity index (χ4v) is 5.42. The van der Waals surface area contributed by atoms with Crippen molar-refractivity contribution in [2.45, 2.75) is 23.8 Å². The summed E-state index contributed by atoms with van der Waals surface area (Å²) in [4.78, 5) is 12.9. The lowest BCUT2D eigenvalue weighted by molar-refractivity contribution is -0.124. The van der Waals surface area contributed by atoms with Crippen molar-refractivity contribution in [3.05, 3.63) is 72.8 Å². The Morgan fingerprint density at radius 1 is 1.00 bits per heavy atom. The molecule has 0 radical (unpaired) electrons. The van der Waals surface area contributed by atoms with Gasteiger partial charge in [-0.15, -0.1) is 0 Å². The van der Waals surface area contributed by atoms with Gasteiger partial charge in [-0.25, -0.2) is 8.42 Å². The molecule has 6 nitrogen and oxygen atoms in total. The van der Waals surface area contributed by atoms with Gasteiger partial charge in [-0.2, -0.15) is 4.31 Å². The van der Waals surface area contributed by atoms with Gasteiger partial charge in [0.15, 0.2) is 0 Å². The van der Waals surface area contributed by atoms with E-state index in [4.69, 9.17) is 4.74 Å². The Balaban J connectivity index is 1.42. The molecule has 1 atom stereocenters. The van der Waals surface area contributed by atoms with Crippen LogP contribution in [0.15, 0.2) is 77.7 Å². The fraction of sp³-hybridized carbons (Fsp3) is 0.261. The van der Waals surface area contributed by atoms with Gasteiger partial charge in [0.1, 0.15) is 18.4 Å². The van der Waals surface area contributed by atoms with Gasteiger partial charge in [0.2, 0.25) is 15.9 Å². The molecule has 3 aromatic carbocycles. The molecule has 0 unspecified atom stereocenters. The minimum Gasteiger partial charge on any atom is -0.492 e. The number of sulfonamides is 1. The van der Waals surface area contributed by atoms with Crippen molar-refractivity contribution in [3.8, 4) is 5.75 Å². The topological polar surface area (TPSA) is 75.7 Å². The highest BCUT2D eigenvalue weighted by Gasteiger charge is 2.39. The average Bonchev–Trinajstić information content (AvgIpc) is 3.28. The summed E-state index contributed by atoms with van der Waals surface area (Å²) in [5.74, 6) is 0.446. The van der Waals surface area contributed by atoms with Crippen LogP contribution in [-0.2, 0) is 14.8 Å². The van der Waals surface area contributed by atoms with E-state index in [1.165, 1.54) is 4.31 Å². The number of nitrogens with one attached hydrogen (secondary N) is 1. The lowest BCUT2D eigenvalue weighted by Crippen LogP contribution is -2.46. The molecule has 156 valence electrons. The van der Waals surface area contributed by atoms with Crippen LogP contribution in [0, 0.1) is 0 Å². The molecule has 30 heavy (non-hydrogen) atoms. The first kappa shape index (κ1) is 20.4. The summed E-state index contributed by atoms with van der Waals surface area (Å²) >= 11 is 0. The van der Waals surface area contributed by atoms with Crippen LogP contribution in [0.25, 0.3) is 10.8 Å². The van der Waals surface area contributed by atoms with E-state index in [-0.39, 0.29) is 10.8 Å². The summed E-state index contributed by atoms with van der Waals surface area (Å²) in [6, 6.07) is 21.3. The molecule has 3 aromatic rings. The van der Waals surface area contributed by atoms with E-state index in [1.807, 2.05) is 54.6 Å². The van der Waals surface area contributed by atoms with Crippen molar-refractivity contribution in [2.75, 3.05) is 19.7 Å². The maximum atomic E-state index is 13.2. The Morgan fingerprint density at radius 3 is 2.53 bits per heavy atom. The minimum atomic E-state index is -3.76. The number of nitrogens with zero attached hydrogens (tertiary/aromatic N) is 1. The van der Waals surface area contributed by atoms with Crippen LogP contribution in [0.2, 0.25) is 0 Å². The third-order valence-corrected chi connectivity index (χ3v) is 7.15. The Bertz CT molecular complexity index is 1130. The Morgan fingerprint density at radius 2 is 1.73 bits per heavy atom. The SMILES string of the molecule is O=C(NCCOc1ccccc1)[C@H]1CCCN1S(=O)(=O)c1ccc2ccccc2c1. The van der Waals surface area contributed by atoms with Crippen molar-refractivity contribution in [1.82, 2.24) is 9.62 Å². The molecule has 1 aliphatic heterocycles. The quantitative estimate of drug-likeness (QED) is 0.591. The number of amides is 1. The van der Waals surface area contributed by atoms with Crippen molar-refractivity contribution >= 4 is 26.7 Å². The molecule has 1 aliphatic rings. The van der Waals surface area contributed by atoms with Crippen molar-refractivity contribution in [2.24, 2.45) is 0 Å². The molecule has 1 fully saturated rings. The molecule has 1 saturated heterocycles. The van der Waals surface area contributed by atoms with Gasteiger partial charge >= 0.3 is 0 Å². The first-order valence-electron chi connectivity index (χ1n) is 10.0. The van der Waals surface area contributed by atoms with Crippen LogP contribution in [0.5, 0.6) is 5.75 Å². The van der Waals surface area contributed by atoms with E-state index in [2.05, 4.69) is 5.32 Å². The Kier molecular flexibility index (Phi) is 6.01. The number of carbonyl (C=O) groups is 1. The van der Waals surface area contributed by atoms with Gasteiger partial charge < -0.3 is 10.1 Å². The smallest absolute Gasteiger partial charge is 0.243 e. The third-order valence-electron chi connectivity index (χ3n) is 5.25. The van der Waals surface area contributed by atoms with E-state index in [9.17, 15) is 13.2 Å². The van der Waals surface area contributed by atoms with Gasteiger partial charge in [0.05, 0.1) is 11.4 Å². The molecule has 1 amide bonds. The third kappa shape index (κ3) is 4.32. The maximum Gasteiger partial charge on any atom is 0.243 e. The maximum absolute atomic E-state index is 13.2. The largest absolute Gasteiger partial charge is 0.492 e. The summed E-state index contributed by atoms with van der Waals surface area (Å²) in [7, 11) is -3.76. The van der Waals surface area contributed by atoms with Gasteiger partial charge in [-0.05, 0) is 47.9 Å². The zero-order valence-electron chi connectivity index (χ0n) is 16.5. The van der Waals surface area contributed by atoms with Gasteiger partial charge in [0, 0.05) is 6.54 Å². The molecule has 1 heterocycles. The van der Waals surface area contributed by atoms with E-state index < -0.39 is 16.1 Å². The second-order valence-electron chi connectivity index (χ2n) is 7.24. The lowest BCUT2D eigenvalue weighted by Gasteiger charge is -2.23. The van der Waals surface area contributed by atoms with Crippen molar-refractivity contribution in [3.63, 3.8) is 0 Å². The van der Waals surface area contributed by atoms with Crippen molar-refractivity contribution in [1.29, 1.82) is 0 Å². The number of hydrogen-bond acceptors (Lipinski definition) is 4. The first-order valence-corrected chi connectivity index (χ1v) is 11.5. The minimum absolute atomic E-state index is 0.216. The predicted molar refractivity (Wildman–Crippen MR) is 116 cm³/mol. The molecule has 4 rings (SSSR count). The van der Waals surface area contributed by atoms with Gasteiger partial charge in [-0.1, -0.05) is 48.5 Å². The van der Waals surface area contributed by atoms with Crippen LogP contribution in [-0.4, -0.2) is 44.4 Å². The summed E-state index contributed by atoms with van der Waals surface area (Å²) in [6.45, 7) is 0.974. The Labute approximate surface area is 176 Å². The summed E-state index contributed by atoms with van der Waals surface area (Å²) in [5.41, 5.74) is 0. The fourth-order valence-electron chi connectivity index (χ4n) is 3.73. The summed E-state index contributed by atoms with van der Waals surface area (Å²) in [5, 5.41) is 4.64. The zero-order chi connectivity index (χ0) is 21.0. The number of ether oxygens (including phenoxy) is 1. The number of para-hydroxylation sites is 1. The van der Waals surface area contributed by atoms with E-state index >= 15 is 0 Å². The highest BCUT2D eigenvalue weighted by molar-refractivity contribution is 7.89. The zero-order valence-corrected chi connectivity index (χ0v) is 17.3. The Hall–Kier alpha value is -2.90. The van der Waals surface area contributed by atoms with Crippen LogP contribution in [0.4, 0.5) is 0 Å². The van der Waals surface area contributed by atoms with Crippen LogP contribution < -0.4 is 10.1 Å². The molecular weight excluding hydrogens is 400 g/mol. The number of fused-ring (bicyclic) bond motifs is 1. The van der Waals surface area contributed by atoms with Gasteiger partial charge in [-0.3, -0.25) is 4.79 Å². The molecule has 1 N–H and O–H groups in total. The molecule has 0 spiro atoms. The van der Waals surface area contributed by atoms with Crippen LogP contribution >= 0.6 is 0 Å². The van der Waals surface area contributed by atoms with Crippen molar-refractivity contribution < 1.29 is 17.9 Å². The van der Waals surface area contributed by atoms with E-state index in [0.29, 0.717) is 32.5 Å². The molecule has 0 aromatic heterocycles. The molecular formula is C23H24N2O4S. The lowest BCUT2D eigenvalue weighted by atomic mass is 10.1. The predicted octanol–water partition coefficient (Wildman–Crippen LogP) is 3.19. The second kappa shape index (κ2) is 8.85. The summed E-state index contributed by atoms with van der Waals surface area (Å²) in [6.07, 6.45) is 1.17. The molecule has 7 heteroatoms. The second-order valence-corrected chi connectivity index (χ2v) is 9.13. The average molecular weight is 425 g/mol. The number of rotatable bonds is 7. The summed E-state index contributed by atoms with van der Waals surface area (Å²) < 4.78 is 33.4. The molecule has 0 bridgehead atoms. The highest BCUT2D eigenvalue weighted by Crippen LogP contribution is 2.28. The number of benzene rings is 3. The molecule has 0 aliphatic carbocycles. The number of carbonyl (C=O) groups excluding carboxylic acids is 1. The van der Waals surface area contributed by atoms with Gasteiger partial charge in [0.25, 0.3) is 0 Å².